The molecule has 1 aromatic rings. The number of nitrogens with one attached hydrogen (secondary N) is 2. The van der Waals surface area contributed by atoms with Crippen LogP contribution in [0.2, 0.25) is 5.02 Å². The quantitative estimate of drug-likeness (QED) is 0.554. The van der Waals surface area contributed by atoms with E-state index >= 15 is 0 Å². The number of hydrogen-bond donors (Lipinski definition) is 2. The molecular weight excluding hydrogens is 388 g/mol. The van der Waals surface area contributed by atoms with Crippen molar-refractivity contribution in [3.8, 4) is 0 Å². The van der Waals surface area contributed by atoms with Gasteiger partial charge in [0.25, 0.3) is 0 Å². The molecule has 7 nitrogen and oxygen atoms in total. The molecule has 0 aliphatic carbocycles. The number of ether oxygens (including phenoxy) is 1. The van der Waals surface area contributed by atoms with Crippen LogP contribution in [0.3, 0.4) is 0 Å². The van der Waals surface area contributed by atoms with Crippen molar-refractivity contribution in [1.29, 1.82) is 0 Å². The molecule has 2 unspecified atom stereocenters. The van der Waals surface area contributed by atoms with Crippen LogP contribution in [0.5, 0.6) is 0 Å². The van der Waals surface area contributed by atoms with Crippen molar-refractivity contribution in [2.75, 3.05) is 51.4 Å². The lowest BCUT2D eigenvalue weighted by atomic mass is 10.0. The van der Waals surface area contributed by atoms with E-state index in [2.05, 4.69) is 26.6 Å². The van der Waals surface area contributed by atoms with E-state index in [1.165, 1.54) is 0 Å². The Hall–Kier alpha value is -1.35. The third-order valence-electron chi connectivity index (χ3n) is 4.98. The van der Waals surface area contributed by atoms with Crippen molar-refractivity contribution in [1.82, 2.24) is 15.5 Å². The summed E-state index contributed by atoms with van der Waals surface area (Å²) in [6.07, 6.45) is 0.615. The average molecular weight is 415 g/mol. The van der Waals surface area contributed by atoms with E-state index in [1.54, 1.807) is 7.05 Å². The van der Waals surface area contributed by atoms with Gasteiger partial charge in [-0.1, -0.05) is 23.7 Å². The largest absolute Gasteiger partial charge is 0.379 e. The first-order valence-corrected chi connectivity index (χ1v) is 11.4. The Morgan fingerprint density at radius 3 is 2.81 bits per heavy atom. The fourth-order valence-electron chi connectivity index (χ4n) is 3.55. The number of rotatable bonds is 5. The predicted molar refractivity (Wildman–Crippen MR) is 108 cm³/mol. The van der Waals surface area contributed by atoms with Crippen LogP contribution < -0.4 is 10.6 Å². The van der Waals surface area contributed by atoms with Crippen molar-refractivity contribution >= 4 is 27.4 Å². The fraction of sp³-hybridized carbons (Fsp3) is 0.611. The van der Waals surface area contributed by atoms with Gasteiger partial charge in [0.15, 0.2) is 15.8 Å². The molecule has 3 rings (SSSR count). The van der Waals surface area contributed by atoms with Crippen molar-refractivity contribution in [2.45, 2.75) is 18.5 Å². The molecule has 2 saturated heterocycles. The number of morpholine rings is 1. The molecule has 150 valence electrons. The highest BCUT2D eigenvalue weighted by atomic mass is 35.5. The standard InChI is InChI=1S/C18H27ClN4O3S/c1-20-18(22-16-5-10-27(24,25)13-16)21-12-17(23-6-8-26-9-7-23)14-3-2-4-15(19)11-14/h2-4,11,16-17H,5-10,12-13H2,1H3,(H2,20,21,22). The lowest BCUT2D eigenvalue weighted by Crippen LogP contribution is -2.48. The van der Waals surface area contributed by atoms with Crippen molar-refractivity contribution in [3.05, 3.63) is 34.9 Å². The second-order valence-corrected chi connectivity index (χ2v) is 9.58. The maximum atomic E-state index is 11.7. The first-order valence-electron chi connectivity index (χ1n) is 9.22. The third-order valence-corrected chi connectivity index (χ3v) is 6.98. The summed E-state index contributed by atoms with van der Waals surface area (Å²) in [4.78, 5) is 6.63. The van der Waals surface area contributed by atoms with Crippen LogP contribution in [0.15, 0.2) is 29.3 Å². The highest BCUT2D eigenvalue weighted by Crippen LogP contribution is 2.24. The van der Waals surface area contributed by atoms with E-state index in [1.807, 2.05) is 18.2 Å². The number of guanidine groups is 1. The van der Waals surface area contributed by atoms with Crippen LogP contribution in [0, 0.1) is 0 Å². The summed E-state index contributed by atoms with van der Waals surface area (Å²) >= 11 is 6.20. The fourth-order valence-corrected chi connectivity index (χ4v) is 5.42. The van der Waals surface area contributed by atoms with Gasteiger partial charge >= 0.3 is 0 Å². The van der Waals surface area contributed by atoms with Crippen LogP contribution in [-0.4, -0.2) is 76.7 Å². The zero-order valence-corrected chi connectivity index (χ0v) is 17.1. The van der Waals surface area contributed by atoms with Gasteiger partial charge in [-0.2, -0.15) is 0 Å². The van der Waals surface area contributed by atoms with Crippen LogP contribution in [0.1, 0.15) is 18.0 Å². The summed E-state index contributed by atoms with van der Waals surface area (Å²) in [6, 6.07) is 7.93. The molecule has 2 aliphatic rings. The van der Waals surface area contributed by atoms with E-state index in [4.69, 9.17) is 16.3 Å². The molecule has 0 radical (unpaired) electrons. The first kappa shape index (κ1) is 20.4. The molecule has 2 fully saturated rings. The molecule has 0 saturated carbocycles. The van der Waals surface area contributed by atoms with E-state index in [9.17, 15) is 8.42 Å². The molecule has 2 aliphatic heterocycles. The molecule has 0 bridgehead atoms. The molecule has 2 N–H and O–H groups in total. The summed E-state index contributed by atoms with van der Waals surface area (Å²) < 4.78 is 28.8. The predicted octanol–water partition coefficient (Wildman–Crippen LogP) is 1.07. The van der Waals surface area contributed by atoms with Crippen LogP contribution >= 0.6 is 11.6 Å². The molecule has 1 aromatic carbocycles. The molecule has 2 heterocycles. The summed E-state index contributed by atoms with van der Waals surface area (Å²) in [5.74, 6) is 1.02. The SMILES string of the molecule is CN=C(NCC(c1cccc(Cl)c1)N1CCOCC1)NC1CCS(=O)(=O)C1. The molecule has 2 atom stereocenters. The van der Waals surface area contributed by atoms with Gasteiger partial charge in [-0.25, -0.2) is 8.42 Å². The molecule has 0 aromatic heterocycles. The molecule has 0 amide bonds. The van der Waals surface area contributed by atoms with Gasteiger partial charge in [0.05, 0.1) is 30.8 Å². The van der Waals surface area contributed by atoms with Gasteiger partial charge < -0.3 is 15.4 Å². The Morgan fingerprint density at radius 1 is 1.41 bits per heavy atom. The molecule has 0 spiro atoms. The van der Waals surface area contributed by atoms with Gasteiger partial charge in [-0.15, -0.1) is 0 Å². The lowest BCUT2D eigenvalue weighted by molar-refractivity contribution is 0.0170. The molecule has 27 heavy (non-hydrogen) atoms. The number of aliphatic imine (C=N–C) groups is 1. The number of sulfone groups is 1. The second-order valence-electron chi connectivity index (χ2n) is 6.92. The summed E-state index contributed by atoms with van der Waals surface area (Å²) in [5.41, 5.74) is 1.13. The Kier molecular flexibility index (Phi) is 6.97. The minimum absolute atomic E-state index is 0.0887. The van der Waals surface area contributed by atoms with Crippen molar-refractivity contribution in [2.24, 2.45) is 4.99 Å². The van der Waals surface area contributed by atoms with Crippen LogP contribution in [0.4, 0.5) is 0 Å². The maximum absolute atomic E-state index is 11.7. The highest BCUT2D eigenvalue weighted by Gasteiger charge is 2.29. The Bertz CT molecular complexity index is 766. The lowest BCUT2D eigenvalue weighted by Gasteiger charge is -2.35. The third kappa shape index (κ3) is 5.81. The van der Waals surface area contributed by atoms with Gasteiger partial charge in [0, 0.05) is 37.7 Å². The normalized spacial score (nSPS) is 24.5. The number of nitrogens with zero attached hydrogens (tertiary/aromatic N) is 2. The topological polar surface area (TPSA) is 83.0 Å². The molecule has 9 heteroatoms. The molecular formula is C18H27ClN4O3S. The second kappa shape index (κ2) is 9.23. The highest BCUT2D eigenvalue weighted by molar-refractivity contribution is 7.91. The first-order chi connectivity index (χ1) is 13.0. The van der Waals surface area contributed by atoms with E-state index in [0.29, 0.717) is 37.2 Å². The van der Waals surface area contributed by atoms with E-state index < -0.39 is 9.84 Å². The minimum atomic E-state index is -2.93. The summed E-state index contributed by atoms with van der Waals surface area (Å²) in [6.45, 7) is 3.77. The van der Waals surface area contributed by atoms with Crippen molar-refractivity contribution < 1.29 is 13.2 Å². The summed E-state index contributed by atoms with van der Waals surface area (Å²) in [7, 11) is -1.23. The minimum Gasteiger partial charge on any atom is -0.379 e. The Labute approximate surface area is 166 Å². The maximum Gasteiger partial charge on any atom is 0.191 e. The van der Waals surface area contributed by atoms with Crippen molar-refractivity contribution in [3.63, 3.8) is 0 Å². The Balaban J connectivity index is 1.66. The number of hydrogen-bond acceptors (Lipinski definition) is 5. The van der Waals surface area contributed by atoms with Gasteiger partial charge in [0.2, 0.25) is 0 Å². The van der Waals surface area contributed by atoms with Crippen LogP contribution in [-0.2, 0) is 14.6 Å². The van der Waals surface area contributed by atoms with E-state index in [0.717, 1.165) is 18.7 Å². The Morgan fingerprint density at radius 2 is 2.19 bits per heavy atom. The number of halogens is 1. The number of benzene rings is 1. The zero-order chi connectivity index (χ0) is 19.3. The summed E-state index contributed by atoms with van der Waals surface area (Å²) in [5, 5.41) is 7.30. The van der Waals surface area contributed by atoms with Gasteiger partial charge in [-0.3, -0.25) is 9.89 Å². The monoisotopic (exact) mass is 414 g/mol. The average Bonchev–Trinajstić information content (AvgIpc) is 3.00. The smallest absolute Gasteiger partial charge is 0.191 e. The van der Waals surface area contributed by atoms with E-state index in [-0.39, 0.29) is 23.6 Å². The zero-order valence-electron chi connectivity index (χ0n) is 15.5. The van der Waals surface area contributed by atoms with Crippen LogP contribution in [0.25, 0.3) is 0 Å². The van der Waals surface area contributed by atoms with Gasteiger partial charge in [-0.05, 0) is 24.1 Å². The van der Waals surface area contributed by atoms with Gasteiger partial charge in [0.1, 0.15) is 0 Å².